The average Bonchev–Trinajstić information content (AvgIpc) is 2.75. The monoisotopic (exact) mass is 390 g/mol. The summed E-state index contributed by atoms with van der Waals surface area (Å²) < 4.78 is 5.99. The minimum atomic E-state index is -0.448. The van der Waals surface area contributed by atoms with Crippen molar-refractivity contribution >= 4 is 30.2 Å². The summed E-state index contributed by atoms with van der Waals surface area (Å²) in [5.41, 5.74) is 9.82. The third-order valence-electron chi connectivity index (χ3n) is 4.47. The Balaban J connectivity index is 2.37. The highest BCUT2D eigenvalue weighted by Crippen LogP contribution is 2.26. The Hall–Kier alpha value is -3.67. The summed E-state index contributed by atoms with van der Waals surface area (Å²) in [6.07, 6.45) is 5.57. The molecule has 0 spiro atoms. The topological polar surface area (TPSA) is 101 Å². The molecule has 0 fully saturated rings. The molecule has 1 amide bonds. The molecule has 2 aromatic rings. The number of rotatable bonds is 9. The van der Waals surface area contributed by atoms with E-state index >= 15 is 0 Å². The Morgan fingerprint density at radius 1 is 1.31 bits per heavy atom. The number of carbonyl (C=O) groups is 1. The number of hydrogen-bond acceptors (Lipinski definition) is 5. The van der Waals surface area contributed by atoms with Crippen molar-refractivity contribution in [1.29, 1.82) is 5.41 Å². The number of allylic oxidation sites excluding steroid dienone is 2. The first-order chi connectivity index (χ1) is 14.0. The van der Waals surface area contributed by atoms with E-state index in [1.807, 2.05) is 38.1 Å². The number of aryl methyl sites for hydroxylation is 1. The Labute approximate surface area is 171 Å². The fraction of sp³-hybridized carbons (Fsp3) is 0.174. The van der Waals surface area contributed by atoms with Crippen LogP contribution in [-0.2, 0) is 6.42 Å². The third-order valence-corrected chi connectivity index (χ3v) is 4.47. The standard InChI is InChI=1S/C23H26N4O2/c1-5-15-11-16(8-10-20(15)23(25)28)21(26-3)12-18(6-2)29-19-9-7-17(14-24)22(13-19)27-4/h6-14,24,27H,3,5H2,1-2,4H3,(H2,25,28)/b18-6+,21-12-,24-14?. The third kappa shape index (κ3) is 5.19. The van der Waals surface area contributed by atoms with Crippen LogP contribution in [0.3, 0.4) is 0 Å². The molecule has 0 radical (unpaired) electrons. The molecule has 6 heteroatoms. The number of anilines is 1. The molecule has 4 N–H and O–H groups in total. The van der Waals surface area contributed by atoms with Crippen LogP contribution in [0.5, 0.6) is 5.75 Å². The maximum Gasteiger partial charge on any atom is 0.248 e. The van der Waals surface area contributed by atoms with Crippen molar-refractivity contribution in [3.63, 3.8) is 0 Å². The summed E-state index contributed by atoms with van der Waals surface area (Å²) >= 11 is 0. The fourth-order valence-corrected chi connectivity index (χ4v) is 2.89. The Kier molecular flexibility index (Phi) is 7.48. The second kappa shape index (κ2) is 10.0. The number of amides is 1. The summed E-state index contributed by atoms with van der Waals surface area (Å²) in [5, 5.41) is 10.5. The highest BCUT2D eigenvalue weighted by molar-refractivity contribution is 5.95. The minimum Gasteiger partial charge on any atom is -0.458 e. The molecular formula is C23H26N4O2. The van der Waals surface area contributed by atoms with Crippen LogP contribution in [0.1, 0.15) is 40.9 Å². The predicted molar refractivity (Wildman–Crippen MR) is 120 cm³/mol. The van der Waals surface area contributed by atoms with E-state index in [-0.39, 0.29) is 0 Å². The van der Waals surface area contributed by atoms with Crippen LogP contribution < -0.4 is 15.8 Å². The van der Waals surface area contributed by atoms with Crippen LogP contribution in [-0.4, -0.2) is 25.9 Å². The van der Waals surface area contributed by atoms with Crippen molar-refractivity contribution < 1.29 is 9.53 Å². The smallest absolute Gasteiger partial charge is 0.248 e. The highest BCUT2D eigenvalue weighted by atomic mass is 16.5. The Morgan fingerprint density at radius 2 is 2.07 bits per heavy atom. The van der Waals surface area contributed by atoms with Gasteiger partial charge in [0.15, 0.2) is 0 Å². The molecule has 0 aliphatic carbocycles. The number of nitrogens with one attached hydrogen (secondary N) is 2. The van der Waals surface area contributed by atoms with Crippen molar-refractivity contribution in [3.05, 3.63) is 76.6 Å². The average molecular weight is 390 g/mol. The van der Waals surface area contributed by atoms with Gasteiger partial charge in [0.1, 0.15) is 11.5 Å². The molecule has 0 atom stereocenters. The minimum absolute atomic E-state index is 0.448. The number of carbonyl (C=O) groups excluding carboxylic acids is 1. The Bertz CT molecular complexity index is 990. The number of hydrogen-bond donors (Lipinski definition) is 3. The van der Waals surface area contributed by atoms with Gasteiger partial charge in [-0.25, -0.2) is 0 Å². The zero-order valence-corrected chi connectivity index (χ0v) is 17.0. The molecule has 0 saturated carbocycles. The van der Waals surface area contributed by atoms with Gasteiger partial charge in [-0.05, 0) is 56.0 Å². The predicted octanol–water partition coefficient (Wildman–Crippen LogP) is 4.41. The van der Waals surface area contributed by atoms with Crippen LogP contribution in [0.15, 0.2) is 59.3 Å². The number of aliphatic imine (C=N–C) groups is 1. The first-order valence-corrected chi connectivity index (χ1v) is 9.25. The molecule has 0 saturated heterocycles. The molecule has 0 aliphatic heterocycles. The molecule has 29 heavy (non-hydrogen) atoms. The van der Waals surface area contributed by atoms with Gasteiger partial charge in [0.05, 0.1) is 5.70 Å². The van der Waals surface area contributed by atoms with Crippen molar-refractivity contribution in [3.8, 4) is 5.75 Å². The second-order valence-electron chi connectivity index (χ2n) is 6.21. The molecule has 0 heterocycles. The number of nitrogens with zero attached hydrogens (tertiary/aromatic N) is 1. The van der Waals surface area contributed by atoms with Crippen LogP contribution in [0.4, 0.5) is 5.69 Å². The zero-order valence-electron chi connectivity index (χ0n) is 17.0. The van der Waals surface area contributed by atoms with Crippen molar-refractivity contribution in [1.82, 2.24) is 0 Å². The number of ether oxygens (including phenoxy) is 1. The lowest BCUT2D eigenvalue weighted by Crippen LogP contribution is -2.13. The van der Waals surface area contributed by atoms with Gasteiger partial charge in [0, 0.05) is 47.8 Å². The molecule has 6 nitrogen and oxygen atoms in total. The van der Waals surface area contributed by atoms with E-state index in [4.69, 9.17) is 15.9 Å². The lowest BCUT2D eigenvalue weighted by Gasteiger charge is -2.12. The van der Waals surface area contributed by atoms with Gasteiger partial charge in [-0.2, -0.15) is 0 Å². The molecule has 150 valence electrons. The van der Waals surface area contributed by atoms with Gasteiger partial charge in [0.25, 0.3) is 0 Å². The zero-order chi connectivity index (χ0) is 21.4. The molecule has 2 aromatic carbocycles. The van der Waals surface area contributed by atoms with Crippen LogP contribution in [0, 0.1) is 5.41 Å². The van der Waals surface area contributed by atoms with E-state index in [2.05, 4.69) is 17.0 Å². The molecular weight excluding hydrogens is 364 g/mol. The lowest BCUT2D eigenvalue weighted by molar-refractivity contribution is 0.0999. The Morgan fingerprint density at radius 3 is 2.62 bits per heavy atom. The first-order valence-electron chi connectivity index (χ1n) is 9.25. The van der Waals surface area contributed by atoms with Crippen LogP contribution in [0.2, 0.25) is 0 Å². The summed E-state index contributed by atoms with van der Waals surface area (Å²) in [6.45, 7) is 7.50. The molecule has 0 aliphatic rings. The number of primary amides is 1. The van der Waals surface area contributed by atoms with E-state index in [9.17, 15) is 4.79 Å². The van der Waals surface area contributed by atoms with Gasteiger partial charge < -0.3 is 21.2 Å². The summed E-state index contributed by atoms with van der Waals surface area (Å²) in [4.78, 5) is 15.7. The van der Waals surface area contributed by atoms with E-state index < -0.39 is 5.91 Å². The normalized spacial score (nSPS) is 11.7. The van der Waals surface area contributed by atoms with Gasteiger partial charge in [-0.3, -0.25) is 9.79 Å². The van der Waals surface area contributed by atoms with Gasteiger partial charge in [-0.15, -0.1) is 0 Å². The quantitative estimate of drug-likeness (QED) is 0.336. The number of benzene rings is 2. The highest BCUT2D eigenvalue weighted by Gasteiger charge is 2.10. The van der Waals surface area contributed by atoms with Crippen molar-refractivity contribution in [2.75, 3.05) is 12.4 Å². The van der Waals surface area contributed by atoms with Crippen LogP contribution >= 0.6 is 0 Å². The SMILES string of the molecule is C=N/C(=C\C(=C/C)Oc1ccc(C=N)c(NC)c1)c1ccc(C(N)=O)c(CC)c1. The lowest BCUT2D eigenvalue weighted by atomic mass is 9.99. The maximum atomic E-state index is 11.6. The largest absolute Gasteiger partial charge is 0.458 e. The summed E-state index contributed by atoms with van der Waals surface area (Å²) in [7, 11) is 1.80. The van der Waals surface area contributed by atoms with Gasteiger partial charge in [-0.1, -0.05) is 13.0 Å². The molecule has 0 bridgehead atoms. The second-order valence-corrected chi connectivity index (χ2v) is 6.21. The summed E-state index contributed by atoms with van der Waals surface area (Å²) in [5.74, 6) is 0.775. The van der Waals surface area contributed by atoms with Gasteiger partial charge in [0.2, 0.25) is 5.91 Å². The fourth-order valence-electron chi connectivity index (χ4n) is 2.89. The van der Waals surface area contributed by atoms with Crippen molar-refractivity contribution in [2.45, 2.75) is 20.3 Å². The maximum absolute atomic E-state index is 11.6. The molecule has 2 rings (SSSR count). The first kappa shape index (κ1) is 21.6. The summed E-state index contributed by atoms with van der Waals surface area (Å²) in [6, 6.07) is 10.8. The van der Waals surface area contributed by atoms with E-state index in [1.165, 1.54) is 6.21 Å². The molecule has 0 unspecified atom stereocenters. The van der Waals surface area contributed by atoms with E-state index in [1.54, 1.807) is 31.3 Å². The number of nitrogens with two attached hydrogens (primary N) is 1. The molecule has 0 aromatic heterocycles. The van der Waals surface area contributed by atoms with E-state index in [0.717, 1.165) is 22.4 Å². The van der Waals surface area contributed by atoms with Crippen LogP contribution in [0.25, 0.3) is 5.70 Å². The van der Waals surface area contributed by atoms with Gasteiger partial charge >= 0.3 is 0 Å². The van der Waals surface area contributed by atoms with E-state index in [0.29, 0.717) is 29.2 Å². The van der Waals surface area contributed by atoms with Crippen molar-refractivity contribution in [2.24, 2.45) is 10.7 Å².